The molecule has 1 rings (SSSR count). The molecule has 0 aliphatic heterocycles. The number of aliphatic hydroxyl groups excluding tert-OH is 1. The highest BCUT2D eigenvalue weighted by molar-refractivity contribution is 5.96. The number of rotatable bonds is 6. The highest BCUT2D eigenvalue weighted by Crippen LogP contribution is 2.06. The van der Waals surface area contributed by atoms with Gasteiger partial charge in [-0.25, -0.2) is 4.79 Å². The lowest BCUT2D eigenvalue weighted by Crippen LogP contribution is -2.49. The summed E-state index contributed by atoms with van der Waals surface area (Å²) in [7, 11) is 0. The minimum Gasteiger partial charge on any atom is -0.461 e. The zero-order chi connectivity index (χ0) is 15.1. The van der Waals surface area contributed by atoms with Crippen molar-refractivity contribution in [3.05, 3.63) is 35.9 Å². The number of carbonyl (C=O) groups is 2. The molecular formula is C15H21NO4. The zero-order valence-electron chi connectivity index (χ0n) is 12.0. The highest BCUT2D eigenvalue weighted by atomic mass is 16.5. The molecular weight excluding hydrogens is 258 g/mol. The van der Waals surface area contributed by atoms with Crippen molar-refractivity contribution >= 4 is 11.9 Å². The molecule has 0 fully saturated rings. The van der Waals surface area contributed by atoms with E-state index in [0.717, 1.165) is 0 Å². The first kappa shape index (κ1) is 16.2. The third kappa shape index (κ3) is 4.66. The minimum absolute atomic E-state index is 0.303. The molecule has 2 N–H and O–H groups in total. The Balaban J connectivity index is 2.80. The number of carbonyl (C=O) groups excluding carboxylic acids is 2. The van der Waals surface area contributed by atoms with Crippen LogP contribution in [0, 0.1) is 0 Å². The van der Waals surface area contributed by atoms with Crippen LogP contribution in [0.15, 0.2) is 30.3 Å². The summed E-state index contributed by atoms with van der Waals surface area (Å²) in [5.74, 6) is -1.04. The Labute approximate surface area is 118 Å². The number of hydrogen-bond acceptors (Lipinski definition) is 4. The van der Waals surface area contributed by atoms with Crippen molar-refractivity contribution in [3.63, 3.8) is 0 Å². The molecule has 0 saturated carbocycles. The summed E-state index contributed by atoms with van der Waals surface area (Å²) in [5.41, 5.74) is 0.429. The highest BCUT2D eigenvalue weighted by Gasteiger charge is 2.29. The SMILES string of the molecule is CCC(O)C(NC(=O)c1ccccc1)C(=O)OC(C)C. The van der Waals surface area contributed by atoms with Crippen LogP contribution in [0.2, 0.25) is 0 Å². The van der Waals surface area contributed by atoms with Crippen LogP contribution in [-0.2, 0) is 9.53 Å². The van der Waals surface area contributed by atoms with Gasteiger partial charge in [-0.3, -0.25) is 4.79 Å². The van der Waals surface area contributed by atoms with E-state index in [2.05, 4.69) is 5.32 Å². The molecule has 5 heteroatoms. The Morgan fingerprint density at radius 1 is 1.25 bits per heavy atom. The van der Waals surface area contributed by atoms with Crippen LogP contribution in [0.5, 0.6) is 0 Å². The third-order valence-electron chi connectivity index (χ3n) is 2.73. The smallest absolute Gasteiger partial charge is 0.331 e. The maximum Gasteiger partial charge on any atom is 0.331 e. The standard InChI is InChI=1S/C15H21NO4/c1-4-12(17)13(15(19)20-10(2)3)16-14(18)11-8-6-5-7-9-11/h5-10,12-13,17H,4H2,1-3H3,(H,16,18). The Morgan fingerprint density at radius 2 is 1.85 bits per heavy atom. The third-order valence-corrected chi connectivity index (χ3v) is 2.73. The van der Waals surface area contributed by atoms with Gasteiger partial charge < -0.3 is 15.2 Å². The van der Waals surface area contributed by atoms with Gasteiger partial charge in [0.25, 0.3) is 5.91 Å². The average Bonchev–Trinajstić information content (AvgIpc) is 2.43. The van der Waals surface area contributed by atoms with Gasteiger partial charge in [-0.2, -0.15) is 0 Å². The van der Waals surface area contributed by atoms with E-state index >= 15 is 0 Å². The Kier molecular flexibility index (Phi) is 6.18. The van der Waals surface area contributed by atoms with Crippen molar-refractivity contribution in [3.8, 4) is 0 Å². The first-order chi connectivity index (χ1) is 9.45. The molecule has 0 radical (unpaired) electrons. The molecule has 1 aromatic rings. The van der Waals surface area contributed by atoms with Crippen LogP contribution in [-0.4, -0.2) is 35.2 Å². The first-order valence-electron chi connectivity index (χ1n) is 6.70. The number of nitrogens with one attached hydrogen (secondary N) is 1. The van der Waals surface area contributed by atoms with Gasteiger partial charge in [-0.05, 0) is 32.4 Å². The molecule has 2 unspecified atom stereocenters. The average molecular weight is 279 g/mol. The molecule has 5 nitrogen and oxygen atoms in total. The van der Waals surface area contributed by atoms with E-state index in [-0.39, 0.29) is 6.10 Å². The number of benzene rings is 1. The minimum atomic E-state index is -1.06. The fraction of sp³-hybridized carbons (Fsp3) is 0.467. The second-order valence-electron chi connectivity index (χ2n) is 4.78. The van der Waals surface area contributed by atoms with E-state index in [1.807, 2.05) is 0 Å². The quantitative estimate of drug-likeness (QED) is 0.774. The van der Waals surface area contributed by atoms with Crippen molar-refractivity contribution < 1.29 is 19.4 Å². The summed E-state index contributed by atoms with van der Waals surface area (Å²) in [5, 5.41) is 12.4. The van der Waals surface area contributed by atoms with Crippen molar-refractivity contribution in [1.82, 2.24) is 5.32 Å². The van der Waals surface area contributed by atoms with Gasteiger partial charge in [0, 0.05) is 5.56 Å². The summed E-state index contributed by atoms with van der Waals surface area (Å²) >= 11 is 0. The lowest BCUT2D eigenvalue weighted by molar-refractivity contribution is -0.152. The predicted molar refractivity (Wildman–Crippen MR) is 75.2 cm³/mol. The normalized spacial score (nSPS) is 13.7. The van der Waals surface area contributed by atoms with Gasteiger partial charge in [-0.15, -0.1) is 0 Å². The number of aliphatic hydroxyl groups is 1. The molecule has 0 heterocycles. The maximum atomic E-state index is 12.0. The van der Waals surface area contributed by atoms with Crippen LogP contribution in [0.4, 0.5) is 0 Å². The van der Waals surface area contributed by atoms with Gasteiger partial charge in [0.1, 0.15) is 0 Å². The van der Waals surface area contributed by atoms with Crippen molar-refractivity contribution in [1.29, 1.82) is 0 Å². The molecule has 20 heavy (non-hydrogen) atoms. The molecule has 2 atom stereocenters. The lowest BCUT2D eigenvalue weighted by Gasteiger charge is -2.22. The lowest BCUT2D eigenvalue weighted by atomic mass is 10.1. The molecule has 1 amide bonds. The molecule has 0 aromatic heterocycles. The van der Waals surface area contributed by atoms with Crippen molar-refractivity contribution in [2.45, 2.75) is 45.4 Å². The zero-order valence-corrected chi connectivity index (χ0v) is 12.0. The van der Waals surface area contributed by atoms with Crippen molar-refractivity contribution in [2.24, 2.45) is 0 Å². The van der Waals surface area contributed by atoms with Gasteiger partial charge in [0.15, 0.2) is 6.04 Å². The van der Waals surface area contributed by atoms with E-state index in [1.165, 1.54) is 0 Å². The second kappa shape index (κ2) is 7.65. The van der Waals surface area contributed by atoms with Crippen LogP contribution in [0.1, 0.15) is 37.6 Å². The first-order valence-corrected chi connectivity index (χ1v) is 6.70. The molecule has 0 bridgehead atoms. The molecule has 0 aliphatic rings. The van der Waals surface area contributed by atoms with E-state index in [1.54, 1.807) is 51.1 Å². The molecule has 0 spiro atoms. The van der Waals surface area contributed by atoms with Crippen LogP contribution in [0.3, 0.4) is 0 Å². The number of ether oxygens (including phenoxy) is 1. The number of amides is 1. The molecule has 0 aliphatic carbocycles. The fourth-order valence-corrected chi connectivity index (χ4v) is 1.67. The number of esters is 1. The summed E-state index contributed by atoms with van der Waals surface area (Å²) in [4.78, 5) is 24.0. The fourth-order valence-electron chi connectivity index (χ4n) is 1.67. The summed E-state index contributed by atoms with van der Waals surface area (Å²) in [6, 6.07) is 7.47. The van der Waals surface area contributed by atoms with Crippen LogP contribution in [0.25, 0.3) is 0 Å². The Bertz CT molecular complexity index is 444. The van der Waals surface area contributed by atoms with E-state index in [9.17, 15) is 14.7 Å². The summed E-state index contributed by atoms with van der Waals surface area (Å²) < 4.78 is 5.06. The van der Waals surface area contributed by atoms with Gasteiger partial charge in [0.2, 0.25) is 0 Å². The van der Waals surface area contributed by atoms with Crippen LogP contribution < -0.4 is 5.32 Å². The van der Waals surface area contributed by atoms with Crippen LogP contribution >= 0.6 is 0 Å². The molecule has 0 saturated heterocycles. The molecule has 110 valence electrons. The maximum absolute atomic E-state index is 12.0. The largest absolute Gasteiger partial charge is 0.461 e. The topological polar surface area (TPSA) is 75.6 Å². The number of hydrogen-bond donors (Lipinski definition) is 2. The van der Waals surface area contributed by atoms with Gasteiger partial charge >= 0.3 is 5.97 Å². The Hall–Kier alpha value is -1.88. The second-order valence-corrected chi connectivity index (χ2v) is 4.78. The summed E-state index contributed by atoms with van der Waals surface area (Å²) in [6.07, 6.45) is -0.941. The Morgan fingerprint density at radius 3 is 2.35 bits per heavy atom. The van der Waals surface area contributed by atoms with Gasteiger partial charge in [0.05, 0.1) is 12.2 Å². The molecule has 1 aromatic carbocycles. The van der Waals surface area contributed by atoms with E-state index in [4.69, 9.17) is 4.74 Å². The summed E-state index contributed by atoms with van der Waals surface area (Å²) in [6.45, 7) is 5.16. The van der Waals surface area contributed by atoms with E-state index in [0.29, 0.717) is 12.0 Å². The van der Waals surface area contributed by atoms with E-state index < -0.39 is 24.0 Å². The van der Waals surface area contributed by atoms with Gasteiger partial charge in [-0.1, -0.05) is 25.1 Å². The monoisotopic (exact) mass is 279 g/mol. The van der Waals surface area contributed by atoms with Crippen molar-refractivity contribution in [2.75, 3.05) is 0 Å². The predicted octanol–water partition coefficient (Wildman–Crippen LogP) is 1.51.